The highest BCUT2D eigenvalue weighted by molar-refractivity contribution is 5.77. The van der Waals surface area contributed by atoms with E-state index in [0.717, 1.165) is 42.6 Å². The SMILES string of the molecule is Cc1nc2cc(CCC(=O)N3CCCC(C)C3)ccc2o1. The quantitative estimate of drug-likeness (QED) is 0.869. The predicted octanol–water partition coefficient (Wildman–Crippen LogP) is 3.33. The number of hydrogen-bond donors (Lipinski definition) is 0. The number of hydrogen-bond acceptors (Lipinski definition) is 3. The van der Waals surface area contributed by atoms with Gasteiger partial charge in [-0.25, -0.2) is 4.98 Å². The second-order valence-corrected chi connectivity index (χ2v) is 6.12. The molecule has 2 aromatic rings. The van der Waals surface area contributed by atoms with Gasteiger partial charge in [-0.15, -0.1) is 0 Å². The summed E-state index contributed by atoms with van der Waals surface area (Å²) in [5.74, 6) is 1.59. The van der Waals surface area contributed by atoms with Crippen LogP contribution in [0.25, 0.3) is 11.1 Å². The molecule has 1 fully saturated rings. The average molecular weight is 286 g/mol. The molecule has 4 heteroatoms. The van der Waals surface area contributed by atoms with Crippen molar-refractivity contribution in [3.63, 3.8) is 0 Å². The van der Waals surface area contributed by atoms with E-state index in [0.29, 0.717) is 18.2 Å². The summed E-state index contributed by atoms with van der Waals surface area (Å²) in [6, 6.07) is 6.00. The highest BCUT2D eigenvalue weighted by Gasteiger charge is 2.20. The molecule has 21 heavy (non-hydrogen) atoms. The zero-order valence-corrected chi connectivity index (χ0v) is 12.8. The Hall–Kier alpha value is -1.84. The van der Waals surface area contributed by atoms with Gasteiger partial charge in [0.05, 0.1) is 0 Å². The molecule has 2 heterocycles. The first-order chi connectivity index (χ1) is 10.1. The van der Waals surface area contributed by atoms with Crippen LogP contribution >= 0.6 is 0 Å². The first kappa shape index (κ1) is 14.1. The van der Waals surface area contributed by atoms with Gasteiger partial charge in [-0.3, -0.25) is 4.79 Å². The van der Waals surface area contributed by atoms with Crippen LogP contribution in [0.1, 0.15) is 37.6 Å². The van der Waals surface area contributed by atoms with E-state index in [-0.39, 0.29) is 5.91 Å². The van der Waals surface area contributed by atoms with Crippen molar-refractivity contribution in [2.75, 3.05) is 13.1 Å². The number of rotatable bonds is 3. The highest BCUT2D eigenvalue weighted by Crippen LogP contribution is 2.19. The molecule has 0 bridgehead atoms. The number of aromatic nitrogens is 1. The molecule has 0 N–H and O–H groups in total. The van der Waals surface area contributed by atoms with Gasteiger partial charge >= 0.3 is 0 Å². The molecule has 1 aliphatic rings. The minimum Gasteiger partial charge on any atom is -0.441 e. The highest BCUT2D eigenvalue weighted by atomic mass is 16.3. The van der Waals surface area contributed by atoms with Crippen LogP contribution in [0.5, 0.6) is 0 Å². The van der Waals surface area contributed by atoms with Gasteiger partial charge in [-0.2, -0.15) is 0 Å². The largest absolute Gasteiger partial charge is 0.441 e. The van der Waals surface area contributed by atoms with Crippen LogP contribution in [0.2, 0.25) is 0 Å². The second kappa shape index (κ2) is 5.88. The molecule has 0 spiro atoms. The van der Waals surface area contributed by atoms with Gasteiger partial charge in [0.2, 0.25) is 5.91 Å². The standard InChI is InChI=1S/C17H22N2O2/c1-12-4-3-9-19(11-12)17(20)8-6-14-5-7-16-15(10-14)18-13(2)21-16/h5,7,10,12H,3-4,6,8-9,11H2,1-2H3. The molecule has 0 radical (unpaired) electrons. The van der Waals surface area contributed by atoms with E-state index in [9.17, 15) is 4.79 Å². The first-order valence-corrected chi connectivity index (χ1v) is 7.75. The monoisotopic (exact) mass is 286 g/mol. The van der Waals surface area contributed by atoms with E-state index < -0.39 is 0 Å². The second-order valence-electron chi connectivity index (χ2n) is 6.12. The van der Waals surface area contributed by atoms with Crippen LogP contribution in [-0.4, -0.2) is 28.9 Å². The van der Waals surface area contributed by atoms with Crippen molar-refractivity contribution in [3.8, 4) is 0 Å². The van der Waals surface area contributed by atoms with Gasteiger partial charge in [-0.1, -0.05) is 13.0 Å². The third-order valence-electron chi connectivity index (χ3n) is 4.20. The zero-order chi connectivity index (χ0) is 14.8. The lowest BCUT2D eigenvalue weighted by atomic mass is 9.99. The van der Waals surface area contributed by atoms with E-state index in [1.165, 1.54) is 6.42 Å². The third-order valence-corrected chi connectivity index (χ3v) is 4.20. The van der Waals surface area contributed by atoms with Crippen LogP contribution in [-0.2, 0) is 11.2 Å². The molecule has 1 unspecified atom stereocenters. The Kier molecular flexibility index (Phi) is 3.95. The van der Waals surface area contributed by atoms with Crippen molar-refractivity contribution in [2.24, 2.45) is 5.92 Å². The smallest absolute Gasteiger partial charge is 0.222 e. The van der Waals surface area contributed by atoms with Gasteiger partial charge < -0.3 is 9.32 Å². The number of carbonyl (C=O) groups is 1. The fourth-order valence-corrected chi connectivity index (χ4v) is 3.07. The summed E-state index contributed by atoms with van der Waals surface area (Å²) in [5.41, 5.74) is 2.84. The van der Waals surface area contributed by atoms with E-state index in [2.05, 4.69) is 11.9 Å². The molecule has 0 aliphatic carbocycles. The topological polar surface area (TPSA) is 46.3 Å². The lowest BCUT2D eigenvalue weighted by Crippen LogP contribution is -2.39. The summed E-state index contributed by atoms with van der Waals surface area (Å²) in [7, 11) is 0. The number of carbonyl (C=O) groups excluding carboxylic acids is 1. The Morgan fingerprint density at radius 1 is 1.48 bits per heavy atom. The zero-order valence-electron chi connectivity index (χ0n) is 12.8. The number of amides is 1. The van der Waals surface area contributed by atoms with E-state index in [4.69, 9.17) is 4.42 Å². The molecule has 1 saturated heterocycles. The first-order valence-electron chi connectivity index (χ1n) is 7.75. The van der Waals surface area contributed by atoms with Gasteiger partial charge in [0.1, 0.15) is 5.52 Å². The van der Waals surface area contributed by atoms with E-state index in [1.807, 2.05) is 30.0 Å². The molecular formula is C17H22N2O2. The van der Waals surface area contributed by atoms with Gasteiger partial charge in [0.15, 0.2) is 11.5 Å². The molecule has 1 aromatic carbocycles. The Morgan fingerprint density at radius 2 is 2.33 bits per heavy atom. The van der Waals surface area contributed by atoms with Crippen molar-refractivity contribution in [1.82, 2.24) is 9.88 Å². The molecule has 1 aromatic heterocycles. The molecule has 3 rings (SSSR count). The van der Waals surface area contributed by atoms with Crippen molar-refractivity contribution in [2.45, 2.75) is 39.5 Å². The van der Waals surface area contributed by atoms with Crippen LogP contribution in [0, 0.1) is 12.8 Å². The Labute approximate surface area is 125 Å². The van der Waals surface area contributed by atoms with Crippen molar-refractivity contribution >= 4 is 17.0 Å². The number of benzene rings is 1. The number of likely N-dealkylation sites (tertiary alicyclic amines) is 1. The van der Waals surface area contributed by atoms with Crippen LogP contribution in [0.3, 0.4) is 0 Å². The summed E-state index contributed by atoms with van der Waals surface area (Å²) in [6.07, 6.45) is 3.73. The minimum atomic E-state index is 0.276. The Bertz CT molecular complexity index is 647. The maximum absolute atomic E-state index is 12.3. The molecule has 4 nitrogen and oxygen atoms in total. The molecule has 1 aliphatic heterocycles. The number of aryl methyl sites for hydroxylation is 2. The molecule has 112 valence electrons. The van der Waals surface area contributed by atoms with E-state index in [1.54, 1.807) is 0 Å². The van der Waals surface area contributed by atoms with Crippen molar-refractivity contribution in [3.05, 3.63) is 29.7 Å². The third kappa shape index (κ3) is 3.26. The van der Waals surface area contributed by atoms with Crippen LogP contribution < -0.4 is 0 Å². The molecular weight excluding hydrogens is 264 g/mol. The Balaban J connectivity index is 1.61. The number of piperidine rings is 1. The predicted molar refractivity (Wildman–Crippen MR) is 82.0 cm³/mol. The maximum atomic E-state index is 12.3. The van der Waals surface area contributed by atoms with Gasteiger partial charge in [0, 0.05) is 26.4 Å². The summed E-state index contributed by atoms with van der Waals surface area (Å²) < 4.78 is 5.47. The van der Waals surface area contributed by atoms with Crippen LogP contribution in [0.15, 0.2) is 22.6 Å². The van der Waals surface area contributed by atoms with Gasteiger partial charge in [0.25, 0.3) is 0 Å². The van der Waals surface area contributed by atoms with E-state index >= 15 is 0 Å². The minimum absolute atomic E-state index is 0.276. The fraction of sp³-hybridized carbons (Fsp3) is 0.529. The van der Waals surface area contributed by atoms with Crippen molar-refractivity contribution < 1.29 is 9.21 Å². The summed E-state index contributed by atoms with van der Waals surface area (Å²) in [6.45, 7) is 5.91. The van der Waals surface area contributed by atoms with Crippen molar-refractivity contribution in [1.29, 1.82) is 0 Å². The molecule has 1 atom stereocenters. The molecule has 1 amide bonds. The number of fused-ring (bicyclic) bond motifs is 1. The van der Waals surface area contributed by atoms with Gasteiger partial charge in [-0.05, 0) is 42.9 Å². The summed E-state index contributed by atoms with van der Waals surface area (Å²) in [4.78, 5) is 18.6. The maximum Gasteiger partial charge on any atom is 0.222 e. The molecule has 0 saturated carbocycles. The lowest BCUT2D eigenvalue weighted by molar-refractivity contribution is -0.132. The average Bonchev–Trinajstić information content (AvgIpc) is 2.84. The fourth-order valence-electron chi connectivity index (χ4n) is 3.07. The number of nitrogens with zero attached hydrogens (tertiary/aromatic N) is 2. The summed E-state index contributed by atoms with van der Waals surface area (Å²) >= 11 is 0. The normalized spacial score (nSPS) is 19.1. The Morgan fingerprint density at radius 3 is 3.14 bits per heavy atom. The summed E-state index contributed by atoms with van der Waals surface area (Å²) in [5, 5.41) is 0. The number of oxazole rings is 1. The lowest BCUT2D eigenvalue weighted by Gasteiger charge is -2.31. The van der Waals surface area contributed by atoms with Crippen LogP contribution in [0.4, 0.5) is 0 Å².